The number of halogens is 1. The molecule has 2 heterocycles. The van der Waals surface area contributed by atoms with E-state index in [-0.39, 0.29) is 6.04 Å². The van der Waals surface area contributed by atoms with Crippen LogP contribution in [0.15, 0.2) is 39.2 Å². The van der Waals surface area contributed by atoms with Gasteiger partial charge in [0.15, 0.2) is 5.82 Å². The summed E-state index contributed by atoms with van der Waals surface area (Å²) in [5.41, 5.74) is 5.64. The second-order valence-corrected chi connectivity index (χ2v) is 9.30. The smallest absolute Gasteiger partial charge is 0.408 e. The number of benzene rings is 2. The summed E-state index contributed by atoms with van der Waals surface area (Å²) in [5, 5.41) is 24.7. The van der Waals surface area contributed by atoms with Crippen LogP contribution in [0.1, 0.15) is 24.9 Å². The fourth-order valence-electron chi connectivity index (χ4n) is 4.51. The molecule has 0 radical (unpaired) electrons. The van der Waals surface area contributed by atoms with E-state index in [0.717, 1.165) is 43.3 Å². The molecule has 2 unspecified atom stereocenters. The van der Waals surface area contributed by atoms with Crippen molar-refractivity contribution in [2.45, 2.75) is 38.5 Å². The molecule has 0 spiro atoms. The highest BCUT2D eigenvalue weighted by atomic mass is 79.9. The highest BCUT2D eigenvalue weighted by molar-refractivity contribution is 9.10. The zero-order chi connectivity index (χ0) is 23.7. The summed E-state index contributed by atoms with van der Waals surface area (Å²) in [4.78, 5) is 23.0. The minimum atomic E-state index is -1.14. The summed E-state index contributed by atoms with van der Waals surface area (Å²) in [6, 6.07) is 8.69. The molecule has 1 amide bonds. The van der Waals surface area contributed by atoms with Crippen LogP contribution < -0.4 is 5.32 Å². The SMILES string of the molecule is Cc1ccc2oc3c(Br)c2c1-c1cccc-3c1-c1nnnn1C1CC1OC(=O)N[C@@H](C)C(=O)O. The number of carbonyl (C=O) groups excluding carboxylic acids is 1. The molecule has 172 valence electrons. The van der Waals surface area contributed by atoms with Gasteiger partial charge in [-0.2, -0.15) is 0 Å². The number of hydrogen-bond donors (Lipinski definition) is 2. The Morgan fingerprint density at radius 3 is 2.85 bits per heavy atom. The van der Waals surface area contributed by atoms with Crippen molar-refractivity contribution in [3.8, 4) is 33.8 Å². The van der Waals surface area contributed by atoms with Gasteiger partial charge in [-0.25, -0.2) is 9.48 Å². The van der Waals surface area contributed by atoms with Gasteiger partial charge in [-0.05, 0) is 63.0 Å². The summed E-state index contributed by atoms with van der Waals surface area (Å²) in [5.74, 6) is 0.109. The van der Waals surface area contributed by atoms with Gasteiger partial charge in [0.25, 0.3) is 0 Å². The molecule has 0 aliphatic heterocycles. The van der Waals surface area contributed by atoms with Crippen molar-refractivity contribution in [3.05, 3.63) is 40.4 Å². The van der Waals surface area contributed by atoms with Gasteiger partial charge in [0, 0.05) is 22.9 Å². The monoisotopic (exact) mass is 523 g/mol. The quantitative estimate of drug-likeness (QED) is 0.348. The number of nitrogens with zero attached hydrogens (tertiary/aromatic N) is 4. The molecule has 4 bridgehead atoms. The number of alkyl carbamates (subject to hydrolysis) is 1. The lowest BCUT2D eigenvalue weighted by molar-refractivity contribution is -0.138. The minimum Gasteiger partial charge on any atom is -0.480 e. The number of rotatable bonds is 5. The molecule has 2 N–H and O–H groups in total. The van der Waals surface area contributed by atoms with Crippen molar-refractivity contribution < 1.29 is 23.8 Å². The second-order valence-electron chi connectivity index (χ2n) is 8.50. The summed E-state index contributed by atoms with van der Waals surface area (Å²) >= 11 is 3.74. The Morgan fingerprint density at radius 2 is 2.06 bits per heavy atom. The Hall–Kier alpha value is -3.73. The van der Waals surface area contributed by atoms with Crippen LogP contribution in [0.3, 0.4) is 0 Å². The fraction of sp³-hybridized carbons (Fsp3) is 0.261. The molecular weight excluding hydrogens is 506 g/mol. The first-order chi connectivity index (χ1) is 16.3. The average molecular weight is 524 g/mol. The van der Waals surface area contributed by atoms with E-state index in [2.05, 4.69) is 43.7 Å². The number of aliphatic carboxylic acids is 1. The third-order valence-electron chi connectivity index (χ3n) is 6.28. The largest absolute Gasteiger partial charge is 0.480 e. The van der Waals surface area contributed by atoms with Crippen LogP contribution in [0.4, 0.5) is 4.79 Å². The van der Waals surface area contributed by atoms with Crippen molar-refractivity contribution in [1.82, 2.24) is 25.5 Å². The summed E-state index contributed by atoms with van der Waals surface area (Å²) in [6.07, 6.45) is -0.729. The Kier molecular flexibility index (Phi) is 4.53. The lowest BCUT2D eigenvalue weighted by Gasteiger charge is -2.16. The summed E-state index contributed by atoms with van der Waals surface area (Å²) in [7, 11) is 0. The second kappa shape index (κ2) is 7.39. The first kappa shape index (κ1) is 20.8. The average Bonchev–Trinajstić information content (AvgIpc) is 3.24. The molecule has 4 aromatic rings. The van der Waals surface area contributed by atoms with E-state index in [4.69, 9.17) is 14.3 Å². The number of tetrazole rings is 1. The van der Waals surface area contributed by atoms with Crippen LogP contribution in [0.25, 0.3) is 44.8 Å². The van der Waals surface area contributed by atoms with Crippen molar-refractivity contribution >= 4 is 39.0 Å². The van der Waals surface area contributed by atoms with E-state index >= 15 is 0 Å². The maximum Gasteiger partial charge on any atom is 0.408 e. The number of hydrogen-bond acceptors (Lipinski definition) is 7. The van der Waals surface area contributed by atoms with Crippen LogP contribution in [0.5, 0.6) is 0 Å². The van der Waals surface area contributed by atoms with Crippen LogP contribution >= 0.6 is 15.9 Å². The van der Waals surface area contributed by atoms with Crippen LogP contribution in [-0.4, -0.2) is 49.5 Å². The van der Waals surface area contributed by atoms with Gasteiger partial charge >= 0.3 is 12.1 Å². The van der Waals surface area contributed by atoms with Crippen molar-refractivity contribution in [3.63, 3.8) is 0 Å². The number of aromatic nitrogens is 4. The molecule has 3 atom stereocenters. The fourth-order valence-corrected chi connectivity index (χ4v) is 5.19. The Morgan fingerprint density at radius 1 is 1.26 bits per heavy atom. The third-order valence-corrected chi connectivity index (χ3v) is 7.03. The molecule has 2 aromatic carbocycles. The van der Waals surface area contributed by atoms with Crippen LogP contribution in [-0.2, 0) is 9.53 Å². The normalized spacial score (nSPS) is 18.6. The molecule has 11 heteroatoms. The van der Waals surface area contributed by atoms with E-state index in [9.17, 15) is 9.59 Å². The summed E-state index contributed by atoms with van der Waals surface area (Å²) < 4.78 is 14.1. The third kappa shape index (κ3) is 3.03. The molecule has 2 aromatic heterocycles. The van der Waals surface area contributed by atoms with Gasteiger partial charge in [0.05, 0.1) is 10.5 Å². The Balaban J connectivity index is 1.39. The van der Waals surface area contributed by atoms with Crippen LogP contribution in [0, 0.1) is 6.92 Å². The standard InChI is InChI=1S/C23H18BrN5O5/c1-9-6-7-14-18-16(9)11-4-3-5-12(20(33-14)19(18)24)17(11)21-26-27-28-29(21)13-8-15(13)34-23(32)25-10(2)22(30)31/h3-7,10,13,15H,8H2,1-2H3,(H,25,32)(H,30,31)/t10-,13?,15?/m0/s1. The zero-order valence-corrected chi connectivity index (χ0v) is 19.7. The van der Waals surface area contributed by atoms with E-state index in [1.54, 1.807) is 4.68 Å². The number of aryl methyl sites for hydroxylation is 1. The zero-order valence-electron chi connectivity index (χ0n) is 18.1. The topological polar surface area (TPSA) is 132 Å². The van der Waals surface area contributed by atoms with E-state index in [1.165, 1.54) is 6.92 Å². The van der Waals surface area contributed by atoms with Gasteiger partial charge in [0.2, 0.25) is 0 Å². The van der Waals surface area contributed by atoms with E-state index < -0.39 is 24.2 Å². The number of nitrogens with one attached hydrogen (secondary N) is 1. The molecule has 34 heavy (non-hydrogen) atoms. The van der Waals surface area contributed by atoms with Gasteiger partial charge in [-0.3, -0.25) is 4.79 Å². The number of fused-ring (bicyclic) bond motifs is 5. The summed E-state index contributed by atoms with van der Waals surface area (Å²) in [6.45, 7) is 3.42. The van der Waals surface area contributed by atoms with Gasteiger partial charge in [-0.15, -0.1) is 5.10 Å². The number of carboxylic acids is 1. The Bertz CT molecular complexity index is 1510. The van der Waals surface area contributed by atoms with Gasteiger partial charge in [0.1, 0.15) is 23.5 Å². The van der Waals surface area contributed by atoms with Crippen molar-refractivity contribution in [2.24, 2.45) is 0 Å². The molecule has 6 rings (SSSR count). The first-order valence-corrected chi connectivity index (χ1v) is 11.5. The molecule has 1 saturated carbocycles. The molecule has 0 saturated heterocycles. The lowest BCUT2D eigenvalue weighted by atomic mass is 9.92. The number of ether oxygens (including phenoxy) is 1. The van der Waals surface area contributed by atoms with E-state index in [0.29, 0.717) is 18.0 Å². The number of furan rings is 1. The predicted molar refractivity (Wildman–Crippen MR) is 124 cm³/mol. The number of amides is 1. The molecular formula is C23H18BrN5O5. The van der Waals surface area contributed by atoms with Crippen molar-refractivity contribution in [2.75, 3.05) is 0 Å². The van der Waals surface area contributed by atoms with E-state index in [1.807, 2.05) is 30.3 Å². The number of carbonyl (C=O) groups is 2. The molecule has 10 nitrogen and oxygen atoms in total. The molecule has 2 aliphatic rings. The molecule has 2 aliphatic carbocycles. The maximum atomic E-state index is 12.1. The lowest BCUT2D eigenvalue weighted by Crippen LogP contribution is -2.39. The minimum absolute atomic E-state index is 0.260. The van der Waals surface area contributed by atoms with Gasteiger partial charge in [-0.1, -0.05) is 24.3 Å². The van der Waals surface area contributed by atoms with Gasteiger partial charge < -0.3 is 19.6 Å². The highest BCUT2D eigenvalue weighted by Gasteiger charge is 2.46. The predicted octanol–water partition coefficient (Wildman–Crippen LogP) is 4.32. The number of carboxylic acid groups (broad SMARTS) is 1. The molecule has 1 fully saturated rings. The highest BCUT2D eigenvalue weighted by Crippen LogP contribution is 2.53. The van der Waals surface area contributed by atoms with Crippen LogP contribution in [0.2, 0.25) is 0 Å². The maximum absolute atomic E-state index is 12.1. The van der Waals surface area contributed by atoms with Crippen molar-refractivity contribution in [1.29, 1.82) is 0 Å². The Labute approximate surface area is 201 Å². The first-order valence-electron chi connectivity index (χ1n) is 10.7.